The van der Waals surface area contributed by atoms with Gasteiger partial charge in [0.05, 0.1) is 11.4 Å². The van der Waals surface area contributed by atoms with Crippen molar-refractivity contribution in [1.29, 1.82) is 0 Å². The number of rotatable bonds is 1. The Morgan fingerprint density at radius 3 is 2.28 bits per heavy atom. The minimum Gasteiger partial charge on any atom is -0.247 e. The van der Waals surface area contributed by atoms with Gasteiger partial charge in [-0.3, -0.25) is 0 Å². The van der Waals surface area contributed by atoms with Crippen LogP contribution in [-0.4, -0.2) is 5.71 Å². The van der Waals surface area contributed by atoms with Crippen molar-refractivity contribution in [2.24, 2.45) is 4.99 Å². The third-order valence-corrected chi connectivity index (χ3v) is 3.42. The molecule has 3 aromatic carbocycles. The van der Waals surface area contributed by atoms with Gasteiger partial charge in [0.15, 0.2) is 0 Å². The molecule has 0 bridgehead atoms. The zero-order valence-corrected chi connectivity index (χ0v) is 9.80. The first-order valence-electron chi connectivity index (χ1n) is 6.10. The Morgan fingerprint density at radius 1 is 0.667 bits per heavy atom. The van der Waals surface area contributed by atoms with Crippen LogP contribution < -0.4 is 0 Å². The lowest BCUT2D eigenvalue weighted by Crippen LogP contribution is -1.99. The van der Waals surface area contributed by atoms with Crippen LogP contribution in [0.15, 0.2) is 71.7 Å². The smallest absolute Gasteiger partial charge is 0.0788 e. The Kier molecular flexibility index (Phi) is 1.89. The minimum atomic E-state index is 1.09. The third kappa shape index (κ3) is 1.25. The molecule has 0 aliphatic carbocycles. The lowest BCUT2D eigenvalue weighted by atomic mass is 9.98. The molecule has 0 N–H and O–H groups in total. The highest BCUT2D eigenvalue weighted by Gasteiger charge is 2.18. The molecule has 18 heavy (non-hydrogen) atoms. The molecule has 3 aromatic rings. The molecule has 4 rings (SSSR count). The van der Waals surface area contributed by atoms with E-state index in [1.54, 1.807) is 0 Å². The van der Waals surface area contributed by atoms with Crippen molar-refractivity contribution in [3.63, 3.8) is 0 Å². The molecule has 0 saturated carbocycles. The van der Waals surface area contributed by atoms with Gasteiger partial charge in [-0.05, 0) is 11.5 Å². The second-order valence-corrected chi connectivity index (χ2v) is 4.51. The molecule has 84 valence electrons. The van der Waals surface area contributed by atoms with Gasteiger partial charge in [0.25, 0.3) is 0 Å². The monoisotopic (exact) mass is 229 g/mol. The number of hydrogen-bond acceptors (Lipinski definition) is 1. The van der Waals surface area contributed by atoms with Gasteiger partial charge >= 0.3 is 0 Å². The molecule has 0 unspecified atom stereocenters. The van der Waals surface area contributed by atoms with Crippen LogP contribution >= 0.6 is 0 Å². The largest absolute Gasteiger partial charge is 0.247 e. The first-order valence-corrected chi connectivity index (χ1v) is 6.10. The van der Waals surface area contributed by atoms with E-state index in [-0.39, 0.29) is 0 Å². The highest BCUT2D eigenvalue weighted by Crippen LogP contribution is 2.36. The summed E-state index contributed by atoms with van der Waals surface area (Å²) in [6, 6.07) is 23.1. The second-order valence-electron chi connectivity index (χ2n) is 4.51. The Hall–Kier alpha value is -2.41. The van der Waals surface area contributed by atoms with Gasteiger partial charge in [-0.15, -0.1) is 0 Å². The fourth-order valence-electron chi connectivity index (χ4n) is 2.61. The van der Waals surface area contributed by atoms with E-state index in [1.807, 2.05) is 6.07 Å². The first kappa shape index (κ1) is 9.60. The summed E-state index contributed by atoms with van der Waals surface area (Å²) in [5.74, 6) is 0. The maximum absolute atomic E-state index is 4.78. The van der Waals surface area contributed by atoms with Crippen molar-refractivity contribution in [1.82, 2.24) is 0 Å². The summed E-state index contributed by atoms with van der Waals surface area (Å²) in [7, 11) is 0. The van der Waals surface area contributed by atoms with Crippen molar-refractivity contribution >= 4 is 22.2 Å². The molecule has 0 fully saturated rings. The number of aliphatic imine (C=N–C) groups is 1. The van der Waals surface area contributed by atoms with E-state index in [2.05, 4.69) is 60.7 Å². The van der Waals surface area contributed by atoms with E-state index in [0.717, 1.165) is 11.4 Å². The van der Waals surface area contributed by atoms with Gasteiger partial charge in [0.2, 0.25) is 0 Å². The molecule has 1 aliphatic rings. The first-order chi connectivity index (χ1) is 8.93. The molecule has 1 heteroatoms. The third-order valence-electron chi connectivity index (χ3n) is 3.42. The van der Waals surface area contributed by atoms with Crippen molar-refractivity contribution < 1.29 is 0 Å². The zero-order valence-electron chi connectivity index (χ0n) is 9.80. The summed E-state index contributed by atoms with van der Waals surface area (Å²) < 4.78 is 0. The standard InChI is InChI=1S/C17H11N/c1-2-6-13(7-3-1)17-14-10-4-8-12-9-5-11-15(18-17)16(12)14/h1-11H. The van der Waals surface area contributed by atoms with Crippen LogP contribution in [0.5, 0.6) is 0 Å². The second kappa shape index (κ2) is 3.54. The maximum atomic E-state index is 4.78. The van der Waals surface area contributed by atoms with Crippen molar-refractivity contribution in [3.8, 4) is 0 Å². The summed E-state index contributed by atoms with van der Waals surface area (Å²) in [6.45, 7) is 0. The normalized spacial score (nSPS) is 12.8. The summed E-state index contributed by atoms with van der Waals surface area (Å²) in [5.41, 5.74) is 4.60. The number of hydrogen-bond donors (Lipinski definition) is 0. The van der Waals surface area contributed by atoms with Crippen LogP contribution in [0.1, 0.15) is 11.1 Å². The molecule has 0 saturated heterocycles. The van der Waals surface area contributed by atoms with Gasteiger partial charge in [-0.2, -0.15) is 0 Å². The fraction of sp³-hybridized carbons (Fsp3) is 0. The molecule has 1 nitrogen and oxygen atoms in total. The maximum Gasteiger partial charge on any atom is 0.0788 e. The van der Waals surface area contributed by atoms with Crippen LogP contribution in [0.2, 0.25) is 0 Å². The Labute approximate surface area is 105 Å². The van der Waals surface area contributed by atoms with Gasteiger partial charge in [-0.1, -0.05) is 60.7 Å². The fourth-order valence-corrected chi connectivity index (χ4v) is 2.61. The number of nitrogens with zero attached hydrogens (tertiary/aromatic N) is 1. The Morgan fingerprint density at radius 2 is 1.44 bits per heavy atom. The van der Waals surface area contributed by atoms with E-state index in [0.29, 0.717) is 0 Å². The van der Waals surface area contributed by atoms with E-state index < -0.39 is 0 Å². The lowest BCUT2D eigenvalue weighted by molar-refractivity contribution is 1.57. The van der Waals surface area contributed by atoms with Gasteiger partial charge in [0, 0.05) is 16.5 Å². The minimum absolute atomic E-state index is 1.09. The van der Waals surface area contributed by atoms with Gasteiger partial charge in [-0.25, -0.2) is 4.99 Å². The van der Waals surface area contributed by atoms with Crippen molar-refractivity contribution in [2.45, 2.75) is 0 Å². The average molecular weight is 229 g/mol. The zero-order chi connectivity index (χ0) is 11.9. The predicted molar refractivity (Wildman–Crippen MR) is 75.7 cm³/mol. The van der Waals surface area contributed by atoms with E-state index >= 15 is 0 Å². The lowest BCUT2D eigenvalue weighted by Gasteiger charge is -2.03. The molecule has 0 radical (unpaired) electrons. The summed E-state index contributed by atoms with van der Waals surface area (Å²) >= 11 is 0. The Balaban J connectivity index is 2.04. The summed E-state index contributed by atoms with van der Waals surface area (Å²) in [4.78, 5) is 4.78. The molecular weight excluding hydrogens is 218 g/mol. The van der Waals surface area contributed by atoms with Crippen molar-refractivity contribution in [2.75, 3.05) is 0 Å². The Bertz CT molecular complexity index is 765. The predicted octanol–water partition coefficient (Wildman–Crippen LogP) is 4.32. The topological polar surface area (TPSA) is 12.4 Å². The van der Waals surface area contributed by atoms with Gasteiger partial charge in [0.1, 0.15) is 0 Å². The summed E-state index contributed by atoms with van der Waals surface area (Å²) in [6.07, 6.45) is 0. The van der Waals surface area contributed by atoms with Crippen LogP contribution in [-0.2, 0) is 0 Å². The van der Waals surface area contributed by atoms with Crippen LogP contribution in [0.4, 0.5) is 5.69 Å². The SMILES string of the molecule is c1ccc(C2=Nc3cccc4cccc2c34)cc1. The molecule has 0 atom stereocenters. The van der Waals surface area contributed by atoms with Crippen molar-refractivity contribution in [3.05, 3.63) is 77.9 Å². The quantitative estimate of drug-likeness (QED) is 0.461. The molecule has 0 spiro atoms. The molecule has 1 aliphatic heterocycles. The molecule has 0 amide bonds. The average Bonchev–Trinajstić information content (AvgIpc) is 2.82. The molecule has 1 heterocycles. The van der Waals surface area contributed by atoms with Crippen LogP contribution in [0, 0.1) is 0 Å². The summed E-state index contributed by atoms with van der Waals surface area (Å²) in [5, 5.41) is 2.54. The van der Waals surface area contributed by atoms with Crippen LogP contribution in [0.3, 0.4) is 0 Å². The van der Waals surface area contributed by atoms with Gasteiger partial charge < -0.3 is 0 Å². The molecular formula is C17H11N. The highest BCUT2D eigenvalue weighted by atomic mass is 14.8. The van der Waals surface area contributed by atoms with Crippen LogP contribution in [0.25, 0.3) is 10.8 Å². The number of benzene rings is 3. The van der Waals surface area contributed by atoms with E-state index in [4.69, 9.17) is 4.99 Å². The highest BCUT2D eigenvalue weighted by molar-refractivity contribution is 6.26. The molecule has 0 aromatic heterocycles. The van der Waals surface area contributed by atoms with E-state index in [9.17, 15) is 0 Å². The van der Waals surface area contributed by atoms with E-state index in [1.165, 1.54) is 21.9 Å².